The van der Waals surface area contributed by atoms with Crippen molar-refractivity contribution in [3.63, 3.8) is 0 Å². The number of hydrogen-bond donors (Lipinski definition) is 0. The standard InChI is InChI=1S/C20H19F3N2O5/c1-5-30-20(29)11-7-24(13-6-12(13)21)17-8(2)15(22)16(23)18(14(17)19(11)28)25(9(3)26)10(4)27/h7,12-13H,5-6H2,1-4H3. The third-order valence-corrected chi connectivity index (χ3v) is 4.94. The van der Waals surface area contributed by atoms with E-state index in [1.807, 2.05) is 0 Å². The molecule has 0 aliphatic heterocycles. The number of pyridine rings is 1. The van der Waals surface area contributed by atoms with Gasteiger partial charge in [0.15, 0.2) is 11.6 Å². The number of fused-ring (bicyclic) bond motifs is 1. The molecule has 1 aliphatic rings. The van der Waals surface area contributed by atoms with Crippen LogP contribution in [0.3, 0.4) is 0 Å². The fourth-order valence-corrected chi connectivity index (χ4v) is 3.52. The average molecular weight is 424 g/mol. The first-order valence-corrected chi connectivity index (χ1v) is 9.21. The van der Waals surface area contributed by atoms with E-state index in [0.29, 0.717) is 4.90 Å². The molecule has 30 heavy (non-hydrogen) atoms. The predicted octanol–water partition coefficient (Wildman–Crippen LogP) is 2.95. The highest BCUT2D eigenvalue weighted by molar-refractivity contribution is 6.18. The summed E-state index contributed by atoms with van der Waals surface area (Å²) in [5, 5.41) is -0.568. The van der Waals surface area contributed by atoms with Crippen molar-refractivity contribution in [3.8, 4) is 0 Å². The molecule has 160 valence electrons. The molecule has 2 amide bonds. The maximum absolute atomic E-state index is 15.0. The molecule has 1 heterocycles. The first kappa shape index (κ1) is 21.5. The number of rotatable bonds is 4. The summed E-state index contributed by atoms with van der Waals surface area (Å²) in [4.78, 5) is 49.9. The van der Waals surface area contributed by atoms with Crippen LogP contribution < -0.4 is 10.3 Å². The van der Waals surface area contributed by atoms with Crippen LogP contribution >= 0.6 is 0 Å². The summed E-state index contributed by atoms with van der Waals surface area (Å²) >= 11 is 0. The average Bonchev–Trinajstić information content (AvgIpc) is 3.39. The van der Waals surface area contributed by atoms with Crippen LogP contribution in [-0.2, 0) is 14.3 Å². The molecule has 0 spiro atoms. The van der Waals surface area contributed by atoms with Crippen LogP contribution in [0.2, 0.25) is 0 Å². The van der Waals surface area contributed by atoms with Crippen LogP contribution in [-0.4, -0.2) is 35.1 Å². The van der Waals surface area contributed by atoms with Gasteiger partial charge in [-0.1, -0.05) is 0 Å². The molecule has 1 saturated carbocycles. The lowest BCUT2D eigenvalue weighted by Gasteiger charge is -2.23. The summed E-state index contributed by atoms with van der Waals surface area (Å²) in [7, 11) is 0. The molecule has 1 aromatic carbocycles. The van der Waals surface area contributed by atoms with E-state index in [9.17, 15) is 32.3 Å². The Morgan fingerprint density at radius 2 is 1.77 bits per heavy atom. The Labute approximate surface area is 169 Å². The zero-order valence-electron chi connectivity index (χ0n) is 16.7. The fourth-order valence-electron chi connectivity index (χ4n) is 3.52. The Morgan fingerprint density at radius 1 is 1.20 bits per heavy atom. The predicted molar refractivity (Wildman–Crippen MR) is 101 cm³/mol. The van der Waals surface area contributed by atoms with Gasteiger partial charge in [-0.2, -0.15) is 0 Å². The third kappa shape index (κ3) is 3.25. The highest BCUT2D eigenvalue weighted by Crippen LogP contribution is 2.43. The Morgan fingerprint density at radius 3 is 2.23 bits per heavy atom. The molecule has 0 bridgehead atoms. The van der Waals surface area contributed by atoms with Crippen molar-refractivity contribution in [1.82, 2.24) is 4.57 Å². The second-order valence-corrected chi connectivity index (χ2v) is 7.02. The van der Waals surface area contributed by atoms with E-state index in [4.69, 9.17) is 4.74 Å². The van der Waals surface area contributed by atoms with E-state index in [0.717, 1.165) is 20.0 Å². The van der Waals surface area contributed by atoms with Crippen LogP contribution in [0.4, 0.5) is 18.9 Å². The Balaban J connectivity index is 2.57. The molecule has 10 heteroatoms. The first-order chi connectivity index (χ1) is 14.0. The van der Waals surface area contributed by atoms with E-state index >= 15 is 0 Å². The summed E-state index contributed by atoms with van der Waals surface area (Å²) in [5.74, 6) is -5.96. The van der Waals surface area contributed by atoms with Crippen molar-refractivity contribution >= 4 is 34.4 Å². The molecule has 2 aromatic rings. The molecule has 0 saturated heterocycles. The van der Waals surface area contributed by atoms with Crippen molar-refractivity contribution in [1.29, 1.82) is 0 Å². The van der Waals surface area contributed by atoms with E-state index in [1.165, 1.54) is 18.4 Å². The number of ether oxygens (including phenoxy) is 1. The zero-order chi connectivity index (χ0) is 22.5. The SMILES string of the molecule is CCOC(=O)c1cn(C2CC2F)c2c(C)c(F)c(F)c(N(C(C)=O)C(C)=O)c2c1=O. The van der Waals surface area contributed by atoms with Gasteiger partial charge in [-0.15, -0.1) is 0 Å². The molecule has 7 nitrogen and oxygen atoms in total. The number of imide groups is 1. The number of hydrogen-bond acceptors (Lipinski definition) is 5. The van der Waals surface area contributed by atoms with E-state index in [-0.39, 0.29) is 24.1 Å². The number of carbonyl (C=O) groups is 3. The topological polar surface area (TPSA) is 85.7 Å². The zero-order valence-corrected chi connectivity index (χ0v) is 16.7. The summed E-state index contributed by atoms with van der Waals surface area (Å²) in [6.07, 6.45) is -0.234. The summed E-state index contributed by atoms with van der Waals surface area (Å²) < 4.78 is 49.7. The van der Waals surface area contributed by atoms with Crippen LogP contribution in [0.5, 0.6) is 0 Å². The van der Waals surface area contributed by atoms with Crippen molar-refractivity contribution in [2.45, 2.75) is 46.3 Å². The lowest BCUT2D eigenvalue weighted by molar-refractivity contribution is -0.124. The van der Waals surface area contributed by atoms with Gasteiger partial charge in [0.2, 0.25) is 17.2 Å². The van der Waals surface area contributed by atoms with E-state index in [1.54, 1.807) is 0 Å². The number of amides is 2. The van der Waals surface area contributed by atoms with Gasteiger partial charge in [0.1, 0.15) is 17.4 Å². The van der Waals surface area contributed by atoms with Gasteiger partial charge >= 0.3 is 5.97 Å². The second kappa shape index (κ2) is 7.58. The minimum atomic E-state index is -1.59. The summed E-state index contributed by atoms with van der Waals surface area (Å²) in [6, 6.07) is -0.819. The molecule has 1 aromatic heterocycles. The minimum Gasteiger partial charge on any atom is -0.462 e. The Kier molecular flexibility index (Phi) is 5.44. The lowest BCUT2D eigenvalue weighted by atomic mass is 10.0. The van der Waals surface area contributed by atoms with Crippen LogP contribution in [0.15, 0.2) is 11.0 Å². The smallest absolute Gasteiger partial charge is 0.343 e. The van der Waals surface area contributed by atoms with Crippen LogP contribution in [0.1, 0.15) is 49.2 Å². The molecular formula is C20H19F3N2O5. The highest BCUT2D eigenvalue weighted by Gasteiger charge is 2.42. The number of halogens is 3. The van der Waals surface area contributed by atoms with Gasteiger partial charge in [0, 0.05) is 32.0 Å². The van der Waals surface area contributed by atoms with Crippen molar-refractivity contribution in [2.24, 2.45) is 0 Å². The normalized spacial score (nSPS) is 17.7. The lowest BCUT2D eigenvalue weighted by Crippen LogP contribution is -2.36. The second-order valence-electron chi connectivity index (χ2n) is 7.02. The molecule has 1 aliphatic carbocycles. The monoisotopic (exact) mass is 424 g/mol. The van der Waals surface area contributed by atoms with E-state index in [2.05, 4.69) is 0 Å². The quantitative estimate of drug-likeness (QED) is 0.705. The largest absolute Gasteiger partial charge is 0.462 e. The fraction of sp³-hybridized carbons (Fsp3) is 0.400. The number of esters is 1. The van der Waals surface area contributed by atoms with E-state index < -0.39 is 63.7 Å². The summed E-state index contributed by atoms with van der Waals surface area (Å²) in [6.45, 7) is 4.51. The van der Waals surface area contributed by atoms with Gasteiger partial charge in [0.05, 0.1) is 23.6 Å². The van der Waals surface area contributed by atoms with Crippen LogP contribution in [0.25, 0.3) is 10.9 Å². The number of aromatic nitrogens is 1. The van der Waals surface area contributed by atoms with Gasteiger partial charge < -0.3 is 9.30 Å². The van der Waals surface area contributed by atoms with Gasteiger partial charge in [0.25, 0.3) is 0 Å². The number of anilines is 1. The molecule has 2 unspecified atom stereocenters. The van der Waals surface area contributed by atoms with Crippen molar-refractivity contribution in [3.05, 3.63) is 39.2 Å². The van der Waals surface area contributed by atoms with Crippen molar-refractivity contribution in [2.75, 3.05) is 11.5 Å². The van der Waals surface area contributed by atoms with Gasteiger partial charge in [-0.25, -0.2) is 22.9 Å². The van der Waals surface area contributed by atoms with Crippen molar-refractivity contribution < 1.29 is 32.3 Å². The molecule has 0 radical (unpaired) electrons. The molecule has 2 atom stereocenters. The number of alkyl halides is 1. The Hall–Kier alpha value is -3.17. The highest BCUT2D eigenvalue weighted by atomic mass is 19.2. The van der Waals surface area contributed by atoms with Crippen LogP contribution in [0, 0.1) is 18.6 Å². The minimum absolute atomic E-state index is 0.0388. The number of nitrogens with zero attached hydrogens (tertiary/aromatic N) is 2. The molecule has 3 rings (SSSR count). The Bertz CT molecular complexity index is 1140. The first-order valence-electron chi connectivity index (χ1n) is 9.21. The molecule has 1 fully saturated rings. The summed E-state index contributed by atoms with van der Waals surface area (Å²) in [5.41, 5.74) is -3.01. The molecular weight excluding hydrogens is 405 g/mol. The third-order valence-electron chi connectivity index (χ3n) is 4.94. The number of benzene rings is 1. The number of carbonyl (C=O) groups excluding carboxylic acids is 3. The molecule has 0 N–H and O–H groups in total. The van der Waals surface area contributed by atoms with Gasteiger partial charge in [-0.3, -0.25) is 14.4 Å². The number of aryl methyl sites for hydroxylation is 1. The maximum Gasteiger partial charge on any atom is 0.343 e. The maximum atomic E-state index is 15.0. The van der Waals surface area contributed by atoms with Gasteiger partial charge in [-0.05, 0) is 13.8 Å².